The molecule has 3 aromatic rings. The van der Waals surface area contributed by atoms with Gasteiger partial charge in [0, 0.05) is 29.8 Å². The summed E-state index contributed by atoms with van der Waals surface area (Å²) < 4.78 is 12.7. The van der Waals surface area contributed by atoms with E-state index in [4.69, 9.17) is 14.6 Å². The van der Waals surface area contributed by atoms with Crippen molar-refractivity contribution in [3.05, 3.63) is 77.0 Å². The topological polar surface area (TPSA) is 65.4 Å². The van der Waals surface area contributed by atoms with Gasteiger partial charge in [0.25, 0.3) is 0 Å². The summed E-state index contributed by atoms with van der Waals surface area (Å²) in [6.07, 6.45) is 0. The van der Waals surface area contributed by atoms with Crippen LogP contribution in [-0.4, -0.2) is 29.5 Å². The molecule has 2 heterocycles. The number of nitrogens with zero attached hydrogens (tertiary/aromatic N) is 2. The molecule has 0 bridgehead atoms. The first kappa shape index (κ1) is 19.8. The zero-order chi connectivity index (χ0) is 21.3. The van der Waals surface area contributed by atoms with Gasteiger partial charge in [-0.15, -0.1) is 0 Å². The van der Waals surface area contributed by atoms with Crippen molar-refractivity contribution >= 4 is 11.8 Å². The average molecular weight is 403 g/mol. The number of allylic oxidation sites excluding steroid dienone is 1. The smallest absolute Gasteiger partial charge is 0.336 e. The Balaban J connectivity index is 1.99. The molecule has 154 valence electrons. The summed E-state index contributed by atoms with van der Waals surface area (Å²) in [4.78, 5) is 13.0. The van der Waals surface area contributed by atoms with E-state index in [0.717, 1.165) is 39.6 Å². The Bertz CT molecular complexity index is 1120. The maximum atomic E-state index is 13.0. The molecule has 0 fully saturated rings. The largest absolute Gasteiger partial charge is 0.497 e. The Kier molecular flexibility index (Phi) is 5.31. The SMILES string of the molecule is CCOC(=O)C1=C(C)Nc2c(c(-c3ccccc3)nn2C)C1c1cccc(OC)c1. The highest BCUT2D eigenvalue weighted by Gasteiger charge is 2.38. The van der Waals surface area contributed by atoms with E-state index < -0.39 is 0 Å². The molecule has 0 aliphatic carbocycles. The first-order valence-corrected chi connectivity index (χ1v) is 9.96. The molecule has 1 N–H and O–H groups in total. The van der Waals surface area contributed by atoms with Crippen molar-refractivity contribution in [1.29, 1.82) is 0 Å². The fraction of sp³-hybridized carbons (Fsp3) is 0.250. The van der Waals surface area contributed by atoms with Crippen molar-refractivity contribution in [1.82, 2.24) is 9.78 Å². The number of rotatable bonds is 5. The van der Waals surface area contributed by atoms with Crippen LogP contribution >= 0.6 is 0 Å². The number of hydrogen-bond acceptors (Lipinski definition) is 5. The summed E-state index contributed by atoms with van der Waals surface area (Å²) >= 11 is 0. The van der Waals surface area contributed by atoms with E-state index in [9.17, 15) is 4.79 Å². The summed E-state index contributed by atoms with van der Waals surface area (Å²) in [5, 5.41) is 8.18. The molecule has 4 rings (SSSR count). The van der Waals surface area contributed by atoms with Crippen LogP contribution in [0.4, 0.5) is 5.82 Å². The number of benzene rings is 2. The normalized spacial score (nSPS) is 15.4. The second kappa shape index (κ2) is 8.06. The minimum atomic E-state index is -0.334. The number of hydrogen-bond donors (Lipinski definition) is 1. The van der Waals surface area contributed by atoms with Crippen molar-refractivity contribution < 1.29 is 14.3 Å². The van der Waals surface area contributed by atoms with Crippen molar-refractivity contribution in [2.45, 2.75) is 19.8 Å². The third-order valence-corrected chi connectivity index (χ3v) is 5.34. The molecule has 30 heavy (non-hydrogen) atoms. The minimum Gasteiger partial charge on any atom is -0.497 e. The number of methoxy groups -OCH3 is 1. The van der Waals surface area contributed by atoms with E-state index in [0.29, 0.717) is 12.2 Å². The number of anilines is 1. The van der Waals surface area contributed by atoms with E-state index in [1.54, 1.807) is 7.11 Å². The lowest BCUT2D eigenvalue weighted by molar-refractivity contribution is -0.138. The fourth-order valence-electron chi connectivity index (χ4n) is 4.01. The minimum absolute atomic E-state index is 0.311. The van der Waals surface area contributed by atoms with Crippen molar-refractivity contribution in [2.24, 2.45) is 7.05 Å². The van der Waals surface area contributed by atoms with Crippen LogP contribution in [0.25, 0.3) is 11.3 Å². The lowest BCUT2D eigenvalue weighted by Crippen LogP contribution is -2.25. The van der Waals surface area contributed by atoms with Gasteiger partial charge in [-0.05, 0) is 31.5 Å². The molecule has 0 amide bonds. The number of carbonyl (C=O) groups excluding carboxylic acids is 1. The van der Waals surface area contributed by atoms with Crippen LogP contribution in [0.15, 0.2) is 65.9 Å². The van der Waals surface area contributed by atoms with E-state index in [2.05, 4.69) is 5.32 Å². The van der Waals surface area contributed by atoms with Crippen molar-refractivity contribution in [3.63, 3.8) is 0 Å². The average Bonchev–Trinajstić information content (AvgIpc) is 3.09. The van der Waals surface area contributed by atoms with Crippen LogP contribution in [0.3, 0.4) is 0 Å². The standard InChI is InChI=1S/C24H25N3O3/c1-5-30-24(28)19-15(2)25-23-21(20(19)17-12-9-13-18(14-17)29-4)22(26-27(23)3)16-10-7-6-8-11-16/h6-14,20,25H,5H2,1-4H3. The molecule has 6 heteroatoms. The van der Waals surface area contributed by atoms with Gasteiger partial charge in [0.2, 0.25) is 0 Å². The van der Waals surface area contributed by atoms with Crippen LogP contribution in [0.2, 0.25) is 0 Å². The Morgan fingerprint density at radius 1 is 1.17 bits per heavy atom. The summed E-state index contributed by atoms with van der Waals surface area (Å²) in [5.41, 5.74) is 5.07. The highest BCUT2D eigenvalue weighted by Crippen LogP contribution is 2.46. The highest BCUT2D eigenvalue weighted by molar-refractivity contribution is 5.95. The molecule has 1 aliphatic rings. The summed E-state index contributed by atoms with van der Waals surface area (Å²) in [6, 6.07) is 17.8. The number of esters is 1. The Morgan fingerprint density at radius 3 is 2.63 bits per heavy atom. The van der Waals surface area contributed by atoms with E-state index in [1.165, 1.54) is 0 Å². The van der Waals surface area contributed by atoms with E-state index >= 15 is 0 Å². The molecule has 0 saturated heterocycles. The van der Waals surface area contributed by atoms with Crippen molar-refractivity contribution in [3.8, 4) is 17.0 Å². The number of fused-ring (bicyclic) bond motifs is 1. The van der Waals surface area contributed by atoms with Gasteiger partial charge in [0.15, 0.2) is 0 Å². The van der Waals surface area contributed by atoms with Crippen LogP contribution in [0.1, 0.15) is 30.9 Å². The summed E-state index contributed by atoms with van der Waals surface area (Å²) in [6.45, 7) is 4.03. The maximum absolute atomic E-state index is 13.0. The van der Waals surface area contributed by atoms with Gasteiger partial charge in [0.05, 0.1) is 25.0 Å². The highest BCUT2D eigenvalue weighted by atomic mass is 16.5. The lowest BCUT2D eigenvalue weighted by Gasteiger charge is -2.29. The maximum Gasteiger partial charge on any atom is 0.336 e. The van der Waals surface area contributed by atoms with Crippen molar-refractivity contribution in [2.75, 3.05) is 19.0 Å². The molecule has 6 nitrogen and oxygen atoms in total. The molecule has 1 atom stereocenters. The molecule has 0 spiro atoms. The molecule has 1 aliphatic heterocycles. The number of nitrogens with one attached hydrogen (secondary N) is 1. The molecule has 0 saturated carbocycles. The molecular formula is C24H25N3O3. The Hall–Kier alpha value is -3.54. The van der Waals surface area contributed by atoms with Crippen LogP contribution in [-0.2, 0) is 16.6 Å². The van der Waals surface area contributed by atoms with E-state index in [-0.39, 0.29) is 11.9 Å². The third kappa shape index (κ3) is 3.34. The van der Waals surface area contributed by atoms with Gasteiger partial charge >= 0.3 is 5.97 Å². The first-order chi connectivity index (χ1) is 14.5. The fourth-order valence-corrected chi connectivity index (χ4v) is 4.01. The quantitative estimate of drug-likeness (QED) is 0.636. The second-order valence-corrected chi connectivity index (χ2v) is 7.19. The van der Waals surface area contributed by atoms with E-state index in [1.807, 2.05) is 80.2 Å². The Morgan fingerprint density at radius 2 is 1.93 bits per heavy atom. The third-order valence-electron chi connectivity index (χ3n) is 5.34. The molecule has 2 aromatic carbocycles. The number of aromatic nitrogens is 2. The molecule has 1 unspecified atom stereocenters. The van der Waals surface area contributed by atoms with Gasteiger partial charge in [-0.1, -0.05) is 42.5 Å². The summed E-state index contributed by atoms with van der Waals surface area (Å²) in [5.74, 6) is 0.939. The van der Waals surface area contributed by atoms with Crippen LogP contribution in [0.5, 0.6) is 5.75 Å². The van der Waals surface area contributed by atoms with Gasteiger partial charge in [0.1, 0.15) is 11.6 Å². The van der Waals surface area contributed by atoms with Crippen LogP contribution in [0, 0.1) is 0 Å². The zero-order valence-electron chi connectivity index (χ0n) is 17.6. The molecular weight excluding hydrogens is 378 g/mol. The number of ether oxygens (including phenoxy) is 2. The summed E-state index contributed by atoms with van der Waals surface area (Å²) in [7, 11) is 3.54. The lowest BCUT2D eigenvalue weighted by atomic mass is 9.80. The van der Waals surface area contributed by atoms with Gasteiger partial charge in [-0.25, -0.2) is 4.79 Å². The van der Waals surface area contributed by atoms with Gasteiger partial charge in [-0.2, -0.15) is 5.10 Å². The monoisotopic (exact) mass is 403 g/mol. The number of aryl methyl sites for hydroxylation is 1. The predicted octanol–water partition coefficient (Wildman–Crippen LogP) is 4.49. The zero-order valence-corrected chi connectivity index (χ0v) is 17.6. The number of carbonyl (C=O) groups is 1. The van der Waals surface area contributed by atoms with Gasteiger partial charge < -0.3 is 14.8 Å². The molecule has 0 radical (unpaired) electrons. The molecule has 1 aromatic heterocycles. The second-order valence-electron chi connectivity index (χ2n) is 7.19. The Labute approximate surface area is 176 Å². The predicted molar refractivity (Wildman–Crippen MR) is 116 cm³/mol. The first-order valence-electron chi connectivity index (χ1n) is 9.96. The van der Waals surface area contributed by atoms with Crippen LogP contribution < -0.4 is 10.1 Å². The van der Waals surface area contributed by atoms with Gasteiger partial charge in [-0.3, -0.25) is 4.68 Å².